The van der Waals surface area contributed by atoms with E-state index in [-0.39, 0.29) is 17.2 Å². The zero-order valence-electron chi connectivity index (χ0n) is 25.4. The molecule has 5 aromatic rings. The summed E-state index contributed by atoms with van der Waals surface area (Å²) in [7, 11) is 2.05. The fourth-order valence-corrected chi connectivity index (χ4v) is 6.64. The Morgan fingerprint density at radius 3 is 2.56 bits per heavy atom. The number of anilines is 5. The molecule has 0 radical (unpaired) electrons. The van der Waals surface area contributed by atoms with E-state index >= 15 is 0 Å². The number of nitrogens with one attached hydrogen (secondary N) is 2. The Hall–Kier alpha value is -4.86. The van der Waals surface area contributed by atoms with Crippen molar-refractivity contribution in [3.63, 3.8) is 0 Å². The summed E-state index contributed by atoms with van der Waals surface area (Å²) in [5, 5.41) is 9.84. The largest absolute Gasteiger partial charge is 0.361 e. The number of piperazine rings is 1. The molecule has 2 aromatic carbocycles. The number of imidazole rings is 1. The van der Waals surface area contributed by atoms with Crippen molar-refractivity contribution in [2.24, 2.45) is 7.05 Å². The number of carbonyl (C=O) groups excluding carboxylic acids is 1. The molecule has 2 N–H and O–H groups in total. The van der Waals surface area contributed by atoms with Gasteiger partial charge in [-0.25, -0.2) is 18.4 Å². The van der Waals surface area contributed by atoms with E-state index in [1.165, 1.54) is 4.31 Å². The maximum atomic E-state index is 13.3. The summed E-state index contributed by atoms with van der Waals surface area (Å²) in [6.07, 6.45) is 1.67. The number of aryl methyl sites for hydroxylation is 2. The number of benzene rings is 2. The van der Waals surface area contributed by atoms with Gasteiger partial charge in [-0.15, -0.1) is 0 Å². The van der Waals surface area contributed by atoms with E-state index in [1.54, 1.807) is 49.5 Å². The molecule has 1 saturated heterocycles. The molecule has 14 nitrogen and oxygen atoms in total. The predicted octanol–water partition coefficient (Wildman–Crippen LogP) is 3.29. The van der Waals surface area contributed by atoms with Crippen molar-refractivity contribution in [1.82, 2.24) is 33.9 Å². The number of sulfonamides is 1. The van der Waals surface area contributed by atoms with E-state index in [1.807, 2.05) is 48.8 Å². The van der Waals surface area contributed by atoms with Crippen molar-refractivity contribution < 1.29 is 17.7 Å². The van der Waals surface area contributed by atoms with Crippen LogP contribution >= 0.6 is 0 Å². The molecule has 45 heavy (non-hydrogen) atoms. The van der Waals surface area contributed by atoms with Crippen LogP contribution in [0.25, 0.3) is 11.0 Å². The molecule has 3 aromatic heterocycles. The quantitative estimate of drug-likeness (QED) is 0.247. The van der Waals surface area contributed by atoms with Crippen LogP contribution in [0.1, 0.15) is 11.5 Å². The van der Waals surface area contributed by atoms with Crippen molar-refractivity contribution in [2.75, 3.05) is 55.8 Å². The van der Waals surface area contributed by atoms with Gasteiger partial charge in [0.15, 0.2) is 0 Å². The molecule has 0 aliphatic carbocycles. The van der Waals surface area contributed by atoms with E-state index in [0.717, 1.165) is 11.2 Å². The van der Waals surface area contributed by atoms with Gasteiger partial charge >= 0.3 is 0 Å². The topological polar surface area (TPSA) is 155 Å². The smallest absolute Gasteiger partial charge is 0.243 e. The van der Waals surface area contributed by atoms with Gasteiger partial charge in [0.25, 0.3) is 0 Å². The second-order valence-corrected chi connectivity index (χ2v) is 12.9. The minimum Gasteiger partial charge on any atom is -0.361 e. The molecule has 1 amide bonds. The first-order valence-electron chi connectivity index (χ1n) is 14.4. The Morgan fingerprint density at radius 2 is 1.80 bits per heavy atom. The van der Waals surface area contributed by atoms with Gasteiger partial charge in [-0.3, -0.25) is 10.1 Å². The molecule has 0 unspecified atom stereocenters. The van der Waals surface area contributed by atoms with Gasteiger partial charge < -0.3 is 24.2 Å². The predicted molar refractivity (Wildman–Crippen MR) is 170 cm³/mol. The van der Waals surface area contributed by atoms with E-state index in [9.17, 15) is 13.2 Å². The molecule has 0 spiro atoms. The van der Waals surface area contributed by atoms with Crippen LogP contribution in [-0.4, -0.2) is 88.5 Å². The average Bonchev–Trinajstić information content (AvgIpc) is 3.58. The third kappa shape index (κ3) is 6.36. The van der Waals surface area contributed by atoms with E-state index in [4.69, 9.17) is 9.51 Å². The lowest BCUT2D eigenvalue weighted by molar-refractivity contribution is -0.115. The summed E-state index contributed by atoms with van der Waals surface area (Å²) < 4.78 is 35.1. The first-order valence-corrected chi connectivity index (χ1v) is 15.8. The van der Waals surface area contributed by atoms with Crippen LogP contribution < -0.4 is 15.5 Å². The van der Waals surface area contributed by atoms with Gasteiger partial charge in [-0.2, -0.15) is 9.29 Å². The fourth-order valence-electron chi connectivity index (χ4n) is 5.17. The molecule has 15 heteroatoms. The Bertz CT molecular complexity index is 1960. The number of rotatable bonds is 9. The molecule has 1 aliphatic rings. The van der Waals surface area contributed by atoms with Crippen molar-refractivity contribution in [1.29, 1.82) is 0 Å². The number of amides is 1. The van der Waals surface area contributed by atoms with Crippen LogP contribution in [0.15, 0.2) is 70.2 Å². The third-order valence-corrected chi connectivity index (χ3v) is 9.58. The first-order chi connectivity index (χ1) is 21.6. The Balaban J connectivity index is 1.21. The summed E-state index contributed by atoms with van der Waals surface area (Å²) in [5.41, 5.74) is 3.51. The van der Waals surface area contributed by atoms with Gasteiger partial charge in [0.2, 0.25) is 27.8 Å². The summed E-state index contributed by atoms with van der Waals surface area (Å²) in [6.45, 7) is 4.08. The van der Waals surface area contributed by atoms with Crippen molar-refractivity contribution in [2.45, 2.75) is 18.2 Å². The maximum Gasteiger partial charge on any atom is 0.243 e. The maximum absolute atomic E-state index is 13.3. The second-order valence-electron chi connectivity index (χ2n) is 11.0. The molecule has 0 atom stereocenters. The molecule has 234 valence electrons. The van der Waals surface area contributed by atoms with Gasteiger partial charge in [0, 0.05) is 58.2 Å². The highest BCUT2D eigenvalue weighted by Crippen LogP contribution is 2.32. The number of nitrogens with zero attached hydrogens (tertiary/aromatic N) is 8. The summed E-state index contributed by atoms with van der Waals surface area (Å²) in [5.74, 6) is 1.48. The molecular weight excluding hydrogens is 596 g/mol. The van der Waals surface area contributed by atoms with Crippen LogP contribution in [-0.2, 0) is 28.3 Å². The highest BCUT2D eigenvalue weighted by Gasteiger charge is 2.27. The number of likely N-dealkylation sites (N-methyl/N-ethyl adjacent to an activating group) is 1. The van der Waals surface area contributed by atoms with Crippen LogP contribution in [0.4, 0.5) is 29.1 Å². The van der Waals surface area contributed by atoms with Gasteiger partial charge in [-0.05, 0) is 50.4 Å². The van der Waals surface area contributed by atoms with Gasteiger partial charge in [0.1, 0.15) is 17.1 Å². The highest BCUT2D eigenvalue weighted by atomic mass is 32.2. The lowest BCUT2D eigenvalue weighted by atomic mass is 10.2. The molecule has 6 rings (SSSR count). The molecule has 0 bridgehead atoms. The van der Waals surface area contributed by atoms with E-state index in [0.29, 0.717) is 66.6 Å². The number of hydrogen-bond acceptors (Lipinski definition) is 11. The number of aromatic nitrogens is 5. The van der Waals surface area contributed by atoms with Crippen LogP contribution in [0.5, 0.6) is 0 Å². The first kappa shape index (κ1) is 30.2. The molecule has 0 saturated carbocycles. The zero-order chi connectivity index (χ0) is 31.7. The van der Waals surface area contributed by atoms with Gasteiger partial charge in [-0.1, -0.05) is 17.3 Å². The number of carbonyl (C=O) groups is 1. The third-order valence-electron chi connectivity index (χ3n) is 7.69. The van der Waals surface area contributed by atoms with Crippen LogP contribution in [0, 0.1) is 6.92 Å². The number of fused-ring (bicyclic) bond motifs is 1. The monoisotopic (exact) mass is 630 g/mol. The Labute approximate surface area is 260 Å². The number of hydrogen-bond donors (Lipinski definition) is 2. The Morgan fingerprint density at radius 1 is 1.02 bits per heavy atom. The summed E-state index contributed by atoms with van der Waals surface area (Å²) in [6, 6.07) is 15.9. The van der Waals surface area contributed by atoms with Crippen molar-refractivity contribution >= 4 is 56.1 Å². The Kier molecular flexibility index (Phi) is 8.22. The standard InChI is InChI=1S/C30H34N10O4S/c1-20-17-22(44-36-20)19-27(41)34-30-35-28-24(9-6-10-25(28)39(30)4)38(3)26-11-12-31-29(33-26)32-21-7-5-8-23(18-21)45(42,43)40-15-13-37(2)14-16-40/h5-12,17-18H,13-16,19H2,1-4H3,(H,31,32,33)(H,34,35,41). The lowest BCUT2D eigenvalue weighted by Crippen LogP contribution is -2.47. The molecule has 1 fully saturated rings. The molecular formula is C30H34N10O4S. The van der Waals surface area contributed by atoms with Crippen LogP contribution in [0.2, 0.25) is 0 Å². The molecule has 4 heterocycles. The normalized spacial score (nSPS) is 14.5. The zero-order valence-corrected chi connectivity index (χ0v) is 26.2. The van der Waals surface area contributed by atoms with Crippen molar-refractivity contribution in [3.8, 4) is 0 Å². The van der Waals surface area contributed by atoms with Crippen molar-refractivity contribution in [3.05, 3.63) is 72.2 Å². The fraction of sp³-hybridized carbons (Fsp3) is 0.300. The lowest BCUT2D eigenvalue weighted by Gasteiger charge is -2.31. The van der Waals surface area contributed by atoms with Crippen LogP contribution in [0.3, 0.4) is 0 Å². The van der Waals surface area contributed by atoms with E-state index in [2.05, 4.69) is 30.7 Å². The minimum absolute atomic E-state index is 0.0399. The minimum atomic E-state index is -3.63. The molecule has 1 aliphatic heterocycles. The number of para-hydroxylation sites is 1. The SMILES string of the molecule is Cc1cc(CC(=O)Nc2nc3c(N(C)c4ccnc(Nc5cccc(S(=O)(=O)N6CCN(C)CC6)c5)n4)cccc3n2C)on1. The highest BCUT2D eigenvalue weighted by molar-refractivity contribution is 7.89. The van der Waals surface area contributed by atoms with Gasteiger partial charge in [0.05, 0.1) is 28.2 Å². The van der Waals surface area contributed by atoms with E-state index < -0.39 is 10.0 Å². The summed E-state index contributed by atoms with van der Waals surface area (Å²) in [4.78, 5) is 30.7. The average molecular weight is 631 g/mol. The summed E-state index contributed by atoms with van der Waals surface area (Å²) >= 11 is 0. The second kappa shape index (κ2) is 12.3.